The normalized spacial score (nSPS) is 29.3. The highest BCUT2D eigenvalue weighted by Crippen LogP contribution is 2.27. The van der Waals surface area contributed by atoms with Crippen LogP contribution in [0.4, 0.5) is 14.9 Å². The molecule has 0 aliphatic carbocycles. The second kappa shape index (κ2) is 14.9. The predicted octanol–water partition coefficient (Wildman–Crippen LogP) is 3.63. The van der Waals surface area contributed by atoms with Gasteiger partial charge < -0.3 is 34.0 Å². The molecule has 0 aromatic heterocycles. The molecule has 43 heavy (non-hydrogen) atoms. The minimum Gasteiger partial charge on any atom is -0.457 e. The molecule has 0 spiro atoms. The fourth-order valence-corrected chi connectivity index (χ4v) is 5.60. The molecule has 1 aromatic rings. The van der Waals surface area contributed by atoms with E-state index in [1.165, 1.54) is 17.0 Å². The number of ether oxygens (including phenoxy) is 3. The van der Waals surface area contributed by atoms with E-state index in [1.54, 1.807) is 24.0 Å². The number of hydrogen-bond donors (Lipinski definition) is 1. The third kappa shape index (κ3) is 9.11. The largest absolute Gasteiger partial charge is 0.457 e. The Morgan fingerprint density at radius 1 is 1.07 bits per heavy atom. The van der Waals surface area contributed by atoms with Crippen LogP contribution in [-0.2, 0) is 23.8 Å². The van der Waals surface area contributed by atoms with E-state index in [4.69, 9.17) is 14.2 Å². The van der Waals surface area contributed by atoms with Gasteiger partial charge in [-0.05, 0) is 68.1 Å². The Labute approximate surface area is 253 Å². The van der Waals surface area contributed by atoms with Crippen LogP contribution in [0.1, 0.15) is 45.6 Å². The molecule has 1 aromatic carbocycles. The molecule has 3 aliphatic heterocycles. The lowest BCUT2D eigenvalue weighted by Gasteiger charge is -2.33. The molecule has 11 heteroatoms. The lowest BCUT2D eigenvalue weighted by molar-refractivity contribution is -0.151. The molecule has 2 fully saturated rings. The standard InChI is InChI=1S/C32H44FN3O7/c1-21-5-7-27(37)19-30(39)43-31(22(2)6-8-28(21)42-32(40)35-11-9-34(4)10-12-35)23(3)15-24-16-25(33)18-26(17-24)36-13-14-41-20-29(36)38/h6,8,15-18,21-22,27-28,31,37H,5,7,9-14,19-20H2,1-4H3/b8-6-,23-15+/t21-,22-,27+,28-,31-/m0/s1. The van der Waals surface area contributed by atoms with Crippen LogP contribution in [0.2, 0.25) is 0 Å². The van der Waals surface area contributed by atoms with Crippen molar-refractivity contribution in [3.8, 4) is 0 Å². The summed E-state index contributed by atoms with van der Waals surface area (Å²) in [4.78, 5) is 43.5. The van der Waals surface area contributed by atoms with Crippen LogP contribution in [0.25, 0.3) is 6.08 Å². The zero-order valence-corrected chi connectivity index (χ0v) is 25.5. The van der Waals surface area contributed by atoms with Gasteiger partial charge in [-0.25, -0.2) is 9.18 Å². The van der Waals surface area contributed by atoms with E-state index in [0.29, 0.717) is 55.9 Å². The topological polar surface area (TPSA) is 109 Å². The maximum absolute atomic E-state index is 14.7. The number of carbonyl (C=O) groups is 3. The molecule has 10 nitrogen and oxygen atoms in total. The Morgan fingerprint density at radius 2 is 1.81 bits per heavy atom. The summed E-state index contributed by atoms with van der Waals surface area (Å²) in [5, 5.41) is 10.6. The maximum atomic E-state index is 14.7. The molecule has 5 atom stereocenters. The second-order valence-corrected chi connectivity index (χ2v) is 11.9. The maximum Gasteiger partial charge on any atom is 0.410 e. The minimum absolute atomic E-state index is 0.0568. The number of benzene rings is 1. The molecule has 0 unspecified atom stereocenters. The number of anilines is 1. The van der Waals surface area contributed by atoms with Gasteiger partial charge in [-0.2, -0.15) is 0 Å². The summed E-state index contributed by atoms with van der Waals surface area (Å²) < 4.78 is 31.7. The van der Waals surface area contributed by atoms with Crippen LogP contribution >= 0.6 is 0 Å². The van der Waals surface area contributed by atoms with E-state index < -0.39 is 30.1 Å². The molecule has 2 amide bonds. The Balaban J connectivity index is 1.57. The van der Waals surface area contributed by atoms with Gasteiger partial charge in [-0.1, -0.05) is 26.0 Å². The van der Waals surface area contributed by atoms with E-state index in [2.05, 4.69) is 4.90 Å². The van der Waals surface area contributed by atoms with E-state index >= 15 is 0 Å². The molecule has 0 radical (unpaired) electrons. The number of esters is 1. The third-order valence-electron chi connectivity index (χ3n) is 8.30. The summed E-state index contributed by atoms with van der Waals surface area (Å²) in [6.07, 6.45) is 3.69. The van der Waals surface area contributed by atoms with Crippen molar-refractivity contribution >= 4 is 29.7 Å². The highest BCUT2D eigenvalue weighted by molar-refractivity contribution is 5.95. The first-order chi connectivity index (χ1) is 20.5. The fourth-order valence-electron chi connectivity index (χ4n) is 5.60. The Morgan fingerprint density at radius 3 is 2.53 bits per heavy atom. The average molecular weight is 602 g/mol. The summed E-state index contributed by atoms with van der Waals surface area (Å²) in [5.74, 6) is -1.69. The predicted molar refractivity (Wildman–Crippen MR) is 160 cm³/mol. The molecule has 0 saturated carbocycles. The molecule has 3 heterocycles. The van der Waals surface area contributed by atoms with Crippen molar-refractivity contribution in [2.24, 2.45) is 11.8 Å². The van der Waals surface area contributed by atoms with E-state index in [-0.39, 0.29) is 36.9 Å². The third-order valence-corrected chi connectivity index (χ3v) is 8.30. The van der Waals surface area contributed by atoms with Gasteiger partial charge >= 0.3 is 12.1 Å². The van der Waals surface area contributed by atoms with Crippen LogP contribution in [0.15, 0.2) is 35.9 Å². The van der Waals surface area contributed by atoms with Gasteiger partial charge in [0.2, 0.25) is 0 Å². The van der Waals surface area contributed by atoms with Crippen molar-refractivity contribution in [1.82, 2.24) is 9.80 Å². The summed E-state index contributed by atoms with van der Waals surface area (Å²) >= 11 is 0. The smallest absolute Gasteiger partial charge is 0.410 e. The molecule has 4 rings (SSSR count). The monoisotopic (exact) mass is 601 g/mol. The molecule has 0 bridgehead atoms. The second-order valence-electron chi connectivity index (χ2n) is 11.9. The number of cyclic esters (lactones) is 1. The lowest BCUT2D eigenvalue weighted by atomic mass is 9.91. The van der Waals surface area contributed by atoms with Crippen molar-refractivity contribution in [2.75, 3.05) is 57.9 Å². The number of aliphatic hydroxyl groups excluding tert-OH is 1. The van der Waals surface area contributed by atoms with Gasteiger partial charge in [0.25, 0.3) is 5.91 Å². The zero-order chi connectivity index (χ0) is 31.1. The number of piperazine rings is 1. The number of morpholine rings is 1. The molecular weight excluding hydrogens is 557 g/mol. The first-order valence-corrected chi connectivity index (χ1v) is 15.1. The fraction of sp³-hybridized carbons (Fsp3) is 0.594. The van der Waals surface area contributed by atoms with Gasteiger partial charge in [0.15, 0.2) is 0 Å². The summed E-state index contributed by atoms with van der Waals surface area (Å²) in [7, 11) is 2.02. The van der Waals surface area contributed by atoms with Crippen LogP contribution < -0.4 is 4.90 Å². The lowest BCUT2D eigenvalue weighted by Crippen LogP contribution is -2.48. The van der Waals surface area contributed by atoms with Crippen LogP contribution in [0.5, 0.6) is 0 Å². The van der Waals surface area contributed by atoms with Crippen molar-refractivity contribution in [2.45, 2.75) is 58.3 Å². The molecule has 2 saturated heterocycles. The molecular formula is C32H44FN3O7. The van der Waals surface area contributed by atoms with E-state index in [0.717, 1.165) is 13.1 Å². The minimum atomic E-state index is -0.899. The SMILES string of the molecule is C/C(=C\c1cc(F)cc(N2CCOCC2=O)c1)[C@H]1OC(=O)C[C@H](O)CC[C@H](C)[C@@H](OC(=O)N2CCN(C)CC2)/C=C\[C@@H]1C. The quantitative estimate of drug-likeness (QED) is 0.412. The van der Waals surface area contributed by atoms with Gasteiger partial charge in [-0.3, -0.25) is 9.59 Å². The van der Waals surface area contributed by atoms with Gasteiger partial charge in [-0.15, -0.1) is 0 Å². The summed E-state index contributed by atoms with van der Waals surface area (Å²) in [6.45, 7) is 9.04. The Hall–Kier alpha value is -3.28. The van der Waals surface area contributed by atoms with Crippen LogP contribution in [0.3, 0.4) is 0 Å². The number of halogens is 1. The molecule has 3 aliphatic rings. The van der Waals surface area contributed by atoms with Crippen molar-refractivity contribution in [3.63, 3.8) is 0 Å². The van der Waals surface area contributed by atoms with Crippen LogP contribution in [-0.4, -0.2) is 104 Å². The van der Waals surface area contributed by atoms with Gasteiger partial charge in [0.1, 0.15) is 24.6 Å². The summed E-state index contributed by atoms with van der Waals surface area (Å²) in [6, 6.07) is 4.38. The van der Waals surface area contributed by atoms with Crippen molar-refractivity contribution < 1.29 is 38.1 Å². The first-order valence-electron chi connectivity index (χ1n) is 15.1. The Bertz CT molecular complexity index is 1210. The number of hydrogen-bond acceptors (Lipinski definition) is 8. The highest BCUT2D eigenvalue weighted by atomic mass is 19.1. The number of rotatable bonds is 4. The number of likely N-dealkylation sites (N-methyl/N-ethyl adjacent to an activating group) is 1. The number of aliphatic hydroxyl groups is 1. The van der Waals surface area contributed by atoms with Crippen LogP contribution in [0, 0.1) is 17.7 Å². The number of amides is 2. The van der Waals surface area contributed by atoms with Gasteiger partial charge in [0.05, 0.1) is 19.1 Å². The number of nitrogens with zero attached hydrogens (tertiary/aromatic N) is 3. The zero-order valence-electron chi connectivity index (χ0n) is 25.5. The molecule has 1 N–H and O–H groups in total. The van der Waals surface area contributed by atoms with Crippen molar-refractivity contribution in [3.05, 3.63) is 47.3 Å². The first kappa shape index (κ1) is 32.6. The van der Waals surface area contributed by atoms with E-state index in [1.807, 2.05) is 33.0 Å². The van der Waals surface area contributed by atoms with Gasteiger partial charge in [0, 0.05) is 44.3 Å². The highest BCUT2D eigenvalue weighted by Gasteiger charge is 2.29. The average Bonchev–Trinajstić information content (AvgIpc) is 2.96. The van der Waals surface area contributed by atoms with Crippen molar-refractivity contribution in [1.29, 1.82) is 0 Å². The summed E-state index contributed by atoms with van der Waals surface area (Å²) in [5.41, 5.74) is 1.59. The Kier molecular flexibility index (Phi) is 11.3. The number of carbonyl (C=O) groups excluding carboxylic acids is 3. The molecule has 236 valence electrons. The van der Waals surface area contributed by atoms with E-state index in [9.17, 15) is 23.9 Å².